The van der Waals surface area contributed by atoms with Gasteiger partial charge in [0.2, 0.25) is 0 Å². The topological polar surface area (TPSA) is 96.6 Å². The smallest absolute Gasteiger partial charge is 0.413 e. The Balaban J connectivity index is 1.86. The summed E-state index contributed by atoms with van der Waals surface area (Å²) < 4.78 is 32.4. The first kappa shape index (κ1) is 18.5. The Hall–Kier alpha value is -3.48. The minimum Gasteiger partial charge on any atom is -0.413 e. The second kappa shape index (κ2) is 6.79. The molecule has 2 aromatic heterocycles. The highest BCUT2D eigenvalue weighted by Gasteiger charge is 2.39. The minimum absolute atomic E-state index is 0.136. The highest BCUT2D eigenvalue weighted by atomic mass is 35.5. The molecule has 0 saturated carbocycles. The van der Waals surface area contributed by atoms with Crippen LogP contribution in [0.15, 0.2) is 91.2 Å². The van der Waals surface area contributed by atoms with Crippen LogP contribution >= 0.6 is 19.3 Å². The Bertz CT molecular complexity index is 1470. The summed E-state index contributed by atoms with van der Waals surface area (Å²) in [6.07, 6.45) is 0. The number of fused-ring (bicyclic) bond motifs is 2. The Morgan fingerprint density at radius 3 is 1.70 bits per heavy atom. The summed E-state index contributed by atoms with van der Waals surface area (Å²) in [5, 5.41) is 0.439. The molecule has 150 valence electrons. The lowest BCUT2D eigenvalue weighted by atomic mass is 10.3. The van der Waals surface area contributed by atoms with Gasteiger partial charge in [-0.3, -0.25) is 0 Å². The zero-order valence-corrected chi connectivity index (χ0v) is 16.7. The summed E-state index contributed by atoms with van der Waals surface area (Å²) in [6.45, 7) is 0. The van der Waals surface area contributed by atoms with Crippen LogP contribution in [0.2, 0.25) is 5.02 Å². The molecule has 10 heteroatoms. The van der Waals surface area contributed by atoms with E-state index in [1.807, 2.05) is 0 Å². The van der Waals surface area contributed by atoms with Crippen molar-refractivity contribution in [3.63, 3.8) is 0 Å². The SMILES string of the molecule is O=c1oc2ccccc2n1P(=O)(Oc1ccc(Cl)cc1)n1c(=O)oc2ccccc21. The molecule has 0 spiro atoms. The van der Waals surface area contributed by atoms with E-state index in [0.717, 1.165) is 8.68 Å². The lowest BCUT2D eigenvalue weighted by Crippen LogP contribution is -2.25. The molecule has 30 heavy (non-hydrogen) atoms. The van der Waals surface area contributed by atoms with E-state index in [0.29, 0.717) is 5.02 Å². The quantitative estimate of drug-likeness (QED) is 0.373. The van der Waals surface area contributed by atoms with Crippen LogP contribution in [0.1, 0.15) is 0 Å². The summed E-state index contributed by atoms with van der Waals surface area (Å²) >= 11 is 5.92. The van der Waals surface area contributed by atoms with Crippen LogP contribution in [0.5, 0.6) is 5.75 Å². The number of aromatic nitrogens is 2. The van der Waals surface area contributed by atoms with Gasteiger partial charge in [0.1, 0.15) is 16.8 Å². The van der Waals surface area contributed by atoms with Gasteiger partial charge in [-0.2, -0.15) is 8.68 Å². The molecule has 0 aliphatic rings. The molecule has 5 rings (SSSR count). The molecule has 0 bridgehead atoms. The maximum absolute atomic E-state index is 14.4. The predicted octanol–water partition coefficient (Wildman–Crippen LogP) is 4.74. The Kier molecular flexibility index (Phi) is 4.20. The van der Waals surface area contributed by atoms with Crippen LogP contribution in [-0.2, 0) is 4.57 Å². The normalized spacial score (nSPS) is 11.9. The molecule has 5 aromatic rings. The molecule has 8 nitrogen and oxygen atoms in total. The Labute approximate surface area is 173 Å². The first-order valence-electron chi connectivity index (χ1n) is 8.75. The molecule has 0 amide bonds. The van der Waals surface area contributed by atoms with E-state index in [9.17, 15) is 14.2 Å². The number of benzene rings is 3. The van der Waals surface area contributed by atoms with E-state index in [-0.39, 0.29) is 27.9 Å². The second-order valence-corrected chi connectivity index (χ2v) is 8.73. The van der Waals surface area contributed by atoms with Crippen LogP contribution in [0.4, 0.5) is 0 Å². The van der Waals surface area contributed by atoms with Crippen molar-refractivity contribution in [2.75, 3.05) is 0 Å². The number of hydrogen-bond donors (Lipinski definition) is 0. The third-order valence-electron chi connectivity index (χ3n) is 4.47. The fourth-order valence-electron chi connectivity index (χ4n) is 3.19. The van der Waals surface area contributed by atoms with Crippen molar-refractivity contribution in [3.8, 4) is 5.75 Å². The minimum atomic E-state index is -4.45. The highest BCUT2D eigenvalue weighted by molar-refractivity contribution is 7.56. The van der Waals surface area contributed by atoms with Gasteiger partial charge in [-0.1, -0.05) is 35.9 Å². The number of hydrogen-bond acceptors (Lipinski definition) is 6. The molecule has 2 heterocycles. The Morgan fingerprint density at radius 2 is 1.20 bits per heavy atom. The van der Waals surface area contributed by atoms with E-state index in [2.05, 4.69) is 0 Å². The fraction of sp³-hybridized carbons (Fsp3) is 0. The molecule has 0 aliphatic heterocycles. The van der Waals surface area contributed by atoms with E-state index in [1.54, 1.807) is 48.5 Å². The standard InChI is InChI=1S/C20H12ClN2O6P/c21-13-9-11-14(12-10-13)29-30(26,22-15-5-1-3-7-17(15)27-19(22)24)23-16-6-2-4-8-18(16)28-20(23)25/h1-12H. The number of rotatable bonds is 4. The number of para-hydroxylation sites is 4. The summed E-state index contributed by atoms with van der Waals surface area (Å²) in [7, 11) is -4.45. The van der Waals surface area contributed by atoms with E-state index in [1.165, 1.54) is 24.3 Å². The number of nitrogens with zero attached hydrogens (tertiary/aromatic N) is 2. The number of halogens is 1. The van der Waals surface area contributed by atoms with Crippen molar-refractivity contribution in [1.29, 1.82) is 0 Å². The van der Waals surface area contributed by atoms with Crippen molar-refractivity contribution >= 4 is 41.5 Å². The van der Waals surface area contributed by atoms with Gasteiger partial charge in [0.05, 0.1) is 0 Å². The van der Waals surface area contributed by atoms with E-state index in [4.69, 9.17) is 25.0 Å². The van der Waals surface area contributed by atoms with Crippen LogP contribution in [-0.4, -0.2) is 8.68 Å². The molecule has 0 fully saturated rings. The zero-order chi connectivity index (χ0) is 20.9. The van der Waals surface area contributed by atoms with Crippen molar-refractivity contribution in [3.05, 3.63) is 98.9 Å². The lowest BCUT2D eigenvalue weighted by molar-refractivity contribution is 0.442. The summed E-state index contributed by atoms with van der Waals surface area (Å²) in [5.74, 6) is -1.74. The van der Waals surface area contributed by atoms with Crippen molar-refractivity contribution in [1.82, 2.24) is 8.68 Å². The maximum Gasteiger partial charge on any atom is 0.468 e. The highest BCUT2D eigenvalue weighted by Crippen LogP contribution is 2.51. The summed E-state index contributed by atoms with van der Waals surface area (Å²) in [6, 6.07) is 18.9. The van der Waals surface area contributed by atoms with Crippen LogP contribution in [0, 0.1) is 0 Å². The monoisotopic (exact) mass is 442 g/mol. The van der Waals surface area contributed by atoms with Crippen LogP contribution < -0.4 is 16.0 Å². The van der Waals surface area contributed by atoms with E-state index >= 15 is 0 Å². The third-order valence-corrected chi connectivity index (χ3v) is 6.94. The van der Waals surface area contributed by atoms with Gasteiger partial charge < -0.3 is 13.4 Å². The van der Waals surface area contributed by atoms with Crippen molar-refractivity contribution in [2.24, 2.45) is 0 Å². The molecular weight excluding hydrogens is 431 g/mol. The van der Waals surface area contributed by atoms with Gasteiger partial charge in [-0.25, -0.2) is 14.2 Å². The van der Waals surface area contributed by atoms with Crippen molar-refractivity contribution in [2.45, 2.75) is 0 Å². The van der Waals surface area contributed by atoms with Crippen LogP contribution in [0.25, 0.3) is 22.2 Å². The molecule has 0 N–H and O–H groups in total. The zero-order valence-electron chi connectivity index (χ0n) is 15.1. The molecule has 0 atom stereocenters. The largest absolute Gasteiger partial charge is 0.468 e. The van der Waals surface area contributed by atoms with Crippen molar-refractivity contribution < 1.29 is 17.9 Å². The van der Waals surface area contributed by atoms with Gasteiger partial charge in [0.15, 0.2) is 11.2 Å². The molecule has 0 unspecified atom stereocenters. The number of oxazole rings is 2. The predicted molar refractivity (Wildman–Crippen MR) is 111 cm³/mol. The van der Waals surface area contributed by atoms with Gasteiger partial charge >= 0.3 is 19.2 Å². The Morgan fingerprint density at radius 1 is 0.733 bits per heavy atom. The van der Waals surface area contributed by atoms with Gasteiger partial charge in [0.25, 0.3) is 0 Å². The summed E-state index contributed by atoms with van der Waals surface area (Å²) in [4.78, 5) is 25.5. The molecule has 0 aliphatic carbocycles. The third kappa shape index (κ3) is 2.81. The average Bonchev–Trinajstić information content (AvgIpc) is 3.25. The van der Waals surface area contributed by atoms with E-state index < -0.39 is 19.2 Å². The lowest BCUT2D eigenvalue weighted by Gasteiger charge is -2.19. The fourth-order valence-corrected chi connectivity index (χ4v) is 5.42. The molecular formula is C20H12ClN2O6P. The maximum atomic E-state index is 14.4. The molecule has 0 radical (unpaired) electrons. The van der Waals surface area contributed by atoms with Gasteiger partial charge in [-0.05, 0) is 48.5 Å². The molecule has 3 aromatic carbocycles. The molecule has 0 saturated heterocycles. The first-order chi connectivity index (χ1) is 14.5. The summed E-state index contributed by atoms with van der Waals surface area (Å²) in [5.41, 5.74) is 0.806. The first-order valence-corrected chi connectivity index (χ1v) is 10.7. The van der Waals surface area contributed by atoms with Gasteiger partial charge in [0, 0.05) is 5.02 Å². The average molecular weight is 443 g/mol. The van der Waals surface area contributed by atoms with Gasteiger partial charge in [-0.15, -0.1) is 0 Å². The second-order valence-electron chi connectivity index (χ2n) is 6.33. The van der Waals surface area contributed by atoms with Crippen LogP contribution in [0.3, 0.4) is 0 Å².